The summed E-state index contributed by atoms with van der Waals surface area (Å²) in [6.45, 7) is 6.48. The maximum Gasteiger partial charge on any atom is 0.306 e. The van der Waals surface area contributed by atoms with Crippen molar-refractivity contribution >= 4 is 17.9 Å². The van der Waals surface area contributed by atoms with Gasteiger partial charge in [0.15, 0.2) is 6.10 Å². The summed E-state index contributed by atoms with van der Waals surface area (Å²) in [5.74, 6) is -1.04. The number of hydrogen-bond donors (Lipinski definition) is 0. The van der Waals surface area contributed by atoms with Crippen molar-refractivity contribution in [3.05, 3.63) is 97.2 Å². The number of carbonyl (C=O) groups excluding carboxylic acids is 3. The van der Waals surface area contributed by atoms with Gasteiger partial charge in [-0.15, -0.1) is 0 Å². The predicted octanol–water partition coefficient (Wildman–Crippen LogP) is 17.8. The lowest BCUT2D eigenvalue weighted by molar-refractivity contribution is -0.167. The van der Waals surface area contributed by atoms with E-state index in [0.717, 1.165) is 77.0 Å². The SMILES string of the molecule is CCCCC/C=C\C/C=C\C/C=C\C/C=C\CCCC(=O)O[C@H](COC(=O)CCC/C=C\C/C=C\C/C=C\CCCCCCCC)COC(=O)CCCCCCC/C=C\CCCCCC. The van der Waals surface area contributed by atoms with E-state index in [1.54, 1.807) is 0 Å². The average Bonchev–Trinajstić information content (AvgIpc) is 3.30. The first-order valence-corrected chi connectivity index (χ1v) is 26.7. The molecule has 0 heterocycles. The molecule has 0 unspecified atom stereocenters. The van der Waals surface area contributed by atoms with Crippen molar-refractivity contribution in [2.24, 2.45) is 0 Å². The molecule has 65 heavy (non-hydrogen) atoms. The molecule has 0 aromatic carbocycles. The van der Waals surface area contributed by atoms with Crippen LogP contribution in [0.1, 0.15) is 239 Å². The lowest BCUT2D eigenvalue weighted by Gasteiger charge is -2.18. The van der Waals surface area contributed by atoms with Crippen molar-refractivity contribution in [3.8, 4) is 0 Å². The van der Waals surface area contributed by atoms with Crippen LogP contribution >= 0.6 is 0 Å². The Hall–Kier alpha value is -3.67. The molecule has 0 aliphatic heterocycles. The molecule has 0 aromatic rings. The molecular weight excluding hydrogens is 805 g/mol. The van der Waals surface area contributed by atoms with E-state index in [-0.39, 0.29) is 44.0 Å². The van der Waals surface area contributed by atoms with Crippen molar-refractivity contribution in [1.29, 1.82) is 0 Å². The third-order valence-corrected chi connectivity index (χ3v) is 11.0. The molecular formula is C59H98O6. The Labute approximate surface area is 400 Å². The molecule has 370 valence electrons. The number of hydrogen-bond acceptors (Lipinski definition) is 6. The van der Waals surface area contributed by atoms with Gasteiger partial charge in [0.05, 0.1) is 0 Å². The highest BCUT2D eigenvalue weighted by atomic mass is 16.6. The van der Waals surface area contributed by atoms with Gasteiger partial charge in [-0.05, 0) is 116 Å². The van der Waals surface area contributed by atoms with Gasteiger partial charge in [0.1, 0.15) is 13.2 Å². The van der Waals surface area contributed by atoms with Crippen LogP contribution in [0.25, 0.3) is 0 Å². The van der Waals surface area contributed by atoms with Crippen LogP contribution in [0.2, 0.25) is 0 Å². The second-order valence-corrected chi connectivity index (χ2v) is 17.4. The first kappa shape index (κ1) is 61.3. The summed E-state index contributed by atoms with van der Waals surface area (Å²) in [5, 5.41) is 0. The number of unbranched alkanes of at least 4 members (excludes halogenated alkanes) is 20. The minimum atomic E-state index is -0.830. The van der Waals surface area contributed by atoms with Gasteiger partial charge in [-0.1, -0.05) is 201 Å². The van der Waals surface area contributed by atoms with Gasteiger partial charge in [-0.25, -0.2) is 0 Å². The van der Waals surface area contributed by atoms with Crippen LogP contribution in [0.4, 0.5) is 0 Å². The Morgan fingerprint density at radius 3 is 0.985 bits per heavy atom. The van der Waals surface area contributed by atoms with Crippen LogP contribution in [0.15, 0.2) is 97.2 Å². The third-order valence-electron chi connectivity index (χ3n) is 11.0. The molecule has 0 radical (unpaired) electrons. The monoisotopic (exact) mass is 903 g/mol. The normalized spacial score (nSPS) is 12.8. The smallest absolute Gasteiger partial charge is 0.306 e. The second-order valence-electron chi connectivity index (χ2n) is 17.4. The lowest BCUT2D eigenvalue weighted by Crippen LogP contribution is -2.30. The van der Waals surface area contributed by atoms with Crippen LogP contribution in [0, 0.1) is 0 Å². The van der Waals surface area contributed by atoms with Crippen molar-refractivity contribution in [1.82, 2.24) is 0 Å². The number of esters is 3. The van der Waals surface area contributed by atoms with Crippen molar-refractivity contribution in [3.63, 3.8) is 0 Å². The number of allylic oxidation sites excluding steroid dienone is 16. The number of carbonyl (C=O) groups is 3. The zero-order chi connectivity index (χ0) is 47.2. The predicted molar refractivity (Wildman–Crippen MR) is 279 cm³/mol. The van der Waals surface area contributed by atoms with Crippen molar-refractivity contribution in [2.45, 2.75) is 245 Å². The Morgan fingerprint density at radius 2 is 0.569 bits per heavy atom. The van der Waals surface area contributed by atoms with Gasteiger partial charge in [-0.3, -0.25) is 14.4 Å². The highest BCUT2D eigenvalue weighted by Gasteiger charge is 2.19. The standard InChI is InChI=1S/C59H98O6/c1-4-7-10-13-16-19-22-25-27-29-31-34-37-40-43-46-49-52-58(61)64-55-56(54-63-57(60)51-48-45-42-39-36-33-24-21-18-15-12-9-6-3)65-59(62)53-50-47-44-41-38-35-32-30-28-26-23-20-17-14-11-8-5-2/h17,20-21,24-28,31-32,34-35,40-41,43-44,56H,4-16,18-19,22-23,29-30,33,36-39,42,45-55H2,1-3H3/b20-17-,24-21-,27-25-,28-26-,34-31-,35-32-,43-40-,44-41-/t56-/m0/s1. The van der Waals surface area contributed by atoms with Crippen molar-refractivity contribution < 1.29 is 28.6 Å². The van der Waals surface area contributed by atoms with E-state index in [1.165, 1.54) is 109 Å². The molecule has 0 amide bonds. The fourth-order valence-electron chi connectivity index (χ4n) is 6.97. The lowest BCUT2D eigenvalue weighted by atomic mass is 10.1. The summed E-state index contributed by atoms with van der Waals surface area (Å²) in [6.07, 6.45) is 69.7. The number of ether oxygens (including phenoxy) is 3. The van der Waals surface area contributed by atoms with E-state index < -0.39 is 6.10 Å². The minimum absolute atomic E-state index is 0.120. The number of rotatable bonds is 47. The minimum Gasteiger partial charge on any atom is -0.462 e. The van der Waals surface area contributed by atoms with E-state index in [4.69, 9.17) is 14.2 Å². The van der Waals surface area contributed by atoms with E-state index >= 15 is 0 Å². The quantitative estimate of drug-likeness (QED) is 0.0262. The van der Waals surface area contributed by atoms with Gasteiger partial charge in [0.2, 0.25) is 0 Å². The molecule has 0 saturated carbocycles. The maximum atomic E-state index is 12.8. The average molecular weight is 903 g/mol. The largest absolute Gasteiger partial charge is 0.462 e. The molecule has 0 fully saturated rings. The molecule has 0 aliphatic rings. The van der Waals surface area contributed by atoms with Gasteiger partial charge in [0, 0.05) is 19.3 Å². The van der Waals surface area contributed by atoms with E-state index in [2.05, 4.69) is 118 Å². The Balaban J connectivity index is 4.57. The molecule has 6 nitrogen and oxygen atoms in total. The van der Waals surface area contributed by atoms with Crippen LogP contribution < -0.4 is 0 Å². The molecule has 0 aromatic heterocycles. The molecule has 0 rings (SSSR count). The molecule has 0 N–H and O–H groups in total. The summed E-state index contributed by atoms with van der Waals surface area (Å²) in [4.78, 5) is 38.0. The zero-order valence-electron chi connectivity index (χ0n) is 42.2. The molecule has 6 heteroatoms. The highest BCUT2D eigenvalue weighted by Crippen LogP contribution is 2.12. The first-order valence-electron chi connectivity index (χ1n) is 26.7. The Morgan fingerprint density at radius 1 is 0.308 bits per heavy atom. The molecule has 0 spiro atoms. The van der Waals surface area contributed by atoms with Crippen LogP contribution in [0.3, 0.4) is 0 Å². The highest BCUT2D eigenvalue weighted by molar-refractivity contribution is 5.71. The maximum absolute atomic E-state index is 12.8. The van der Waals surface area contributed by atoms with Gasteiger partial charge >= 0.3 is 17.9 Å². The summed E-state index contributed by atoms with van der Waals surface area (Å²) in [7, 11) is 0. The molecule has 0 bridgehead atoms. The summed E-state index contributed by atoms with van der Waals surface area (Å²) >= 11 is 0. The van der Waals surface area contributed by atoms with Crippen LogP contribution in [-0.2, 0) is 28.6 Å². The second kappa shape index (κ2) is 52.9. The summed E-state index contributed by atoms with van der Waals surface area (Å²) in [6, 6.07) is 0. The summed E-state index contributed by atoms with van der Waals surface area (Å²) < 4.78 is 16.7. The zero-order valence-corrected chi connectivity index (χ0v) is 42.2. The fourth-order valence-corrected chi connectivity index (χ4v) is 6.97. The molecule has 1 atom stereocenters. The Bertz CT molecular complexity index is 1310. The Kier molecular flexibility index (Phi) is 50.0. The van der Waals surface area contributed by atoms with E-state index in [0.29, 0.717) is 19.3 Å². The van der Waals surface area contributed by atoms with Crippen LogP contribution in [-0.4, -0.2) is 37.2 Å². The third kappa shape index (κ3) is 51.2. The topological polar surface area (TPSA) is 78.9 Å². The van der Waals surface area contributed by atoms with E-state index in [9.17, 15) is 14.4 Å². The van der Waals surface area contributed by atoms with Crippen LogP contribution in [0.5, 0.6) is 0 Å². The van der Waals surface area contributed by atoms with Gasteiger partial charge < -0.3 is 14.2 Å². The van der Waals surface area contributed by atoms with Gasteiger partial charge in [0.25, 0.3) is 0 Å². The van der Waals surface area contributed by atoms with Crippen molar-refractivity contribution in [2.75, 3.05) is 13.2 Å². The summed E-state index contributed by atoms with van der Waals surface area (Å²) in [5.41, 5.74) is 0. The van der Waals surface area contributed by atoms with Gasteiger partial charge in [-0.2, -0.15) is 0 Å². The molecule has 0 aliphatic carbocycles. The fraction of sp³-hybridized carbons (Fsp3) is 0.678. The molecule has 0 saturated heterocycles. The first-order chi connectivity index (χ1) is 32.0. The van der Waals surface area contributed by atoms with E-state index in [1.807, 2.05) is 0 Å².